The number of anilines is 1. The number of carbonyl (C=O) groups excluding carboxylic acids is 1. The van der Waals surface area contributed by atoms with E-state index in [2.05, 4.69) is 10.3 Å². The number of para-hydroxylation sites is 1. The monoisotopic (exact) mass is 369 g/mol. The molecule has 0 spiro atoms. The van der Waals surface area contributed by atoms with Crippen LogP contribution in [-0.4, -0.2) is 15.5 Å². The topological polar surface area (TPSA) is 64.0 Å². The lowest BCUT2D eigenvalue weighted by molar-refractivity contribution is 0.102. The van der Waals surface area contributed by atoms with Crippen molar-refractivity contribution in [3.8, 4) is 11.3 Å². The second-order valence-corrected chi connectivity index (χ2v) is 6.66. The molecule has 5 heteroatoms. The molecule has 0 aliphatic rings. The first-order valence-corrected chi connectivity index (χ1v) is 8.97. The normalized spacial score (nSPS) is 10.8. The smallest absolute Gasteiger partial charge is 0.256 e. The van der Waals surface area contributed by atoms with Gasteiger partial charge in [-0.25, -0.2) is 0 Å². The van der Waals surface area contributed by atoms with E-state index in [1.165, 1.54) is 0 Å². The van der Waals surface area contributed by atoms with E-state index in [0.717, 1.165) is 11.1 Å². The van der Waals surface area contributed by atoms with Crippen molar-refractivity contribution in [1.29, 1.82) is 0 Å². The van der Waals surface area contributed by atoms with Crippen molar-refractivity contribution < 1.29 is 4.79 Å². The Labute approximate surface area is 162 Å². The average Bonchev–Trinajstić information content (AvgIpc) is 2.73. The van der Waals surface area contributed by atoms with Crippen molar-refractivity contribution in [2.45, 2.75) is 6.92 Å². The van der Waals surface area contributed by atoms with Crippen LogP contribution in [0.5, 0.6) is 0 Å². The summed E-state index contributed by atoms with van der Waals surface area (Å²) in [5, 5.41) is 3.51. The number of nitrogens with one attached hydrogen (secondary N) is 1. The Morgan fingerprint density at radius 3 is 2.39 bits per heavy atom. The molecule has 5 nitrogen and oxygen atoms in total. The highest BCUT2D eigenvalue weighted by molar-refractivity contribution is 6.06. The minimum Gasteiger partial charge on any atom is -0.330 e. The maximum absolute atomic E-state index is 13.3. The molecule has 2 aromatic heterocycles. The van der Waals surface area contributed by atoms with Gasteiger partial charge in [-0.05, 0) is 43.3 Å². The molecule has 0 aliphatic carbocycles. The molecule has 0 saturated carbocycles. The number of hydrogen-bond donors (Lipinski definition) is 1. The van der Waals surface area contributed by atoms with Crippen LogP contribution >= 0.6 is 0 Å². The Hall–Kier alpha value is -3.73. The molecular formula is C23H19N3O2. The number of nitrogens with zero attached hydrogens (tertiary/aromatic N) is 2. The Kier molecular flexibility index (Phi) is 4.49. The average molecular weight is 369 g/mol. The van der Waals surface area contributed by atoms with Crippen LogP contribution in [0, 0.1) is 6.92 Å². The molecule has 1 N–H and O–H groups in total. The highest BCUT2D eigenvalue weighted by atomic mass is 16.1. The van der Waals surface area contributed by atoms with Gasteiger partial charge >= 0.3 is 0 Å². The van der Waals surface area contributed by atoms with Crippen LogP contribution in [-0.2, 0) is 7.05 Å². The molecule has 0 bridgehead atoms. The molecular weight excluding hydrogens is 350 g/mol. The van der Waals surface area contributed by atoms with Gasteiger partial charge in [-0.3, -0.25) is 14.6 Å². The fourth-order valence-electron chi connectivity index (χ4n) is 3.27. The minimum absolute atomic E-state index is 0.161. The number of pyridine rings is 2. The first kappa shape index (κ1) is 17.7. The Morgan fingerprint density at radius 2 is 1.68 bits per heavy atom. The van der Waals surface area contributed by atoms with Gasteiger partial charge in [0.25, 0.3) is 5.91 Å². The van der Waals surface area contributed by atoms with Gasteiger partial charge in [-0.15, -0.1) is 0 Å². The SMILES string of the molecule is Cc1ccc(C(=O)Nc2c(-c3ccccn3)c(=O)c3ccccc3n2C)cc1. The van der Waals surface area contributed by atoms with Crippen molar-refractivity contribution in [2.75, 3.05) is 5.32 Å². The number of carbonyl (C=O) groups is 1. The van der Waals surface area contributed by atoms with Gasteiger partial charge < -0.3 is 9.88 Å². The lowest BCUT2D eigenvalue weighted by Crippen LogP contribution is -2.21. The first-order valence-electron chi connectivity index (χ1n) is 8.97. The van der Waals surface area contributed by atoms with E-state index in [4.69, 9.17) is 0 Å². The van der Waals surface area contributed by atoms with Crippen LogP contribution in [0.2, 0.25) is 0 Å². The molecule has 138 valence electrons. The fraction of sp³-hybridized carbons (Fsp3) is 0.0870. The first-order chi connectivity index (χ1) is 13.6. The maximum Gasteiger partial charge on any atom is 0.256 e. The fourth-order valence-corrected chi connectivity index (χ4v) is 3.27. The van der Waals surface area contributed by atoms with Gasteiger partial charge in [0.05, 0.1) is 16.8 Å². The Morgan fingerprint density at radius 1 is 0.964 bits per heavy atom. The summed E-state index contributed by atoms with van der Waals surface area (Å²) in [4.78, 5) is 30.5. The number of rotatable bonds is 3. The highest BCUT2D eigenvalue weighted by Gasteiger charge is 2.19. The number of aromatic nitrogens is 2. The van der Waals surface area contributed by atoms with E-state index >= 15 is 0 Å². The third-order valence-electron chi connectivity index (χ3n) is 4.78. The largest absolute Gasteiger partial charge is 0.330 e. The predicted octanol–water partition coefficient (Wildman–Crippen LogP) is 4.16. The van der Waals surface area contributed by atoms with Crippen molar-refractivity contribution in [3.05, 3.63) is 94.3 Å². The minimum atomic E-state index is -0.275. The van der Waals surface area contributed by atoms with Crippen LogP contribution < -0.4 is 10.7 Å². The molecule has 0 atom stereocenters. The van der Waals surface area contributed by atoms with Crippen LogP contribution in [0.1, 0.15) is 15.9 Å². The van der Waals surface area contributed by atoms with Gasteiger partial charge in [0.1, 0.15) is 5.82 Å². The van der Waals surface area contributed by atoms with Crippen LogP contribution in [0.25, 0.3) is 22.2 Å². The zero-order valence-corrected chi connectivity index (χ0v) is 15.6. The summed E-state index contributed by atoms with van der Waals surface area (Å²) in [5.41, 5.74) is 3.08. The Bertz CT molecular complexity index is 1230. The van der Waals surface area contributed by atoms with Crippen molar-refractivity contribution in [2.24, 2.45) is 7.05 Å². The highest BCUT2D eigenvalue weighted by Crippen LogP contribution is 2.27. The van der Waals surface area contributed by atoms with Gasteiger partial charge in [-0.1, -0.05) is 35.9 Å². The van der Waals surface area contributed by atoms with E-state index in [1.54, 1.807) is 36.5 Å². The maximum atomic E-state index is 13.3. The zero-order valence-electron chi connectivity index (χ0n) is 15.6. The second-order valence-electron chi connectivity index (χ2n) is 6.66. The quantitative estimate of drug-likeness (QED) is 0.590. The molecule has 2 aromatic carbocycles. The summed E-state index contributed by atoms with van der Waals surface area (Å²) in [5.74, 6) is 0.149. The summed E-state index contributed by atoms with van der Waals surface area (Å²) in [7, 11) is 1.83. The van der Waals surface area contributed by atoms with Crippen molar-refractivity contribution in [1.82, 2.24) is 9.55 Å². The standard InChI is InChI=1S/C23H19N3O2/c1-15-10-12-16(13-11-15)23(28)25-22-20(18-8-5-6-14-24-18)21(27)17-7-3-4-9-19(17)26(22)2/h3-14H,1-2H3,(H,25,28). The van der Waals surface area contributed by atoms with E-state index in [0.29, 0.717) is 28.0 Å². The molecule has 0 saturated heterocycles. The van der Waals surface area contributed by atoms with Crippen LogP contribution in [0.4, 0.5) is 5.82 Å². The summed E-state index contributed by atoms with van der Waals surface area (Å²) in [6, 6.07) is 20.0. The van der Waals surface area contributed by atoms with Crippen molar-refractivity contribution >= 4 is 22.6 Å². The lowest BCUT2D eigenvalue weighted by atomic mass is 10.1. The summed E-state index contributed by atoms with van der Waals surface area (Å²) in [6.45, 7) is 1.97. The second kappa shape index (κ2) is 7.12. The third kappa shape index (κ3) is 3.07. The van der Waals surface area contributed by atoms with Gasteiger partial charge in [-0.2, -0.15) is 0 Å². The predicted molar refractivity (Wildman–Crippen MR) is 112 cm³/mol. The lowest BCUT2D eigenvalue weighted by Gasteiger charge is -2.18. The molecule has 4 rings (SSSR count). The number of amides is 1. The van der Waals surface area contributed by atoms with Gasteiger partial charge in [0.15, 0.2) is 0 Å². The molecule has 2 heterocycles. The molecule has 1 amide bonds. The summed E-state index contributed by atoms with van der Waals surface area (Å²) < 4.78 is 1.83. The number of hydrogen-bond acceptors (Lipinski definition) is 3. The summed E-state index contributed by atoms with van der Waals surface area (Å²) >= 11 is 0. The van der Waals surface area contributed by atoms with Gasteiger partial charge in [0.2, 0.25) is 5.43 Å². The molecule has 28 heavy (non-hydrogen) atoms. The van der Waals surface area contributed by atoms with Crippen LogP contribution in [0.3, 0.4) is 0 Å². The summed E-state index contributed by atoms with van der Waals surface area (Å²) in [6.07, 6.45) is 1.63. The van der Waals surface area contributed by atoms with E-state index < -0.39 is 0 Å². The number of aryl methyl sites for hydroxylation is 2. The van der Waals surface area contributed by atoms with Crippen LogP contribution in [0.15, 0.2) is 77.7 Å². The molecule has 0 fully saturated rings. The molecule has 0 unspecified atom stereocenters. The number of fused-ring (bicyclic) bond motifs is 1. The van der Waals surface area contributed by atoms with Gasteiger partial charge in [0, 0.05) is 24.2 Å². The van der Waals surface area contributed by atoms with E-state index in [9.17, 15) is 9.59 Å². The Balaban J connectivity index is 1.93. The molecule has 0 aliphatic heterocycles. The van der Waals surface area contributed by atoms with E-state index in [1.807, 2.05) is 54.9 Å². The zero-order chi connectivity index (χ0) is 19.7. The third-order valence-corrected chi connectivity index (χ3v) is 4.78. The van der Waals surface area contributed by atoms with Crippen molar-refractivity contribution in [3.63, 3.8) is 0 Å². The molecule has 4 aromatic rings. The van der Waals surface area contributed by atoms with E-state index in [-0.39, 0.29) is 11.3 Å². The number of benzene rings is 2. The molecule has 0 radical (unpaired) electrons.